The smallest absolute Gasteiger partial charge is 0.245 e. The maximum absolute atomic E-state index is 12.4. The average molecular weight is 475 g/mol. The topological polar surface area (TPSA) is 54.0 Å². The van der Waals surface area contributed by atoms with Gasteiger partial charge in [-0.15, -0.1) is 11.3 Å². The third-order valence-electron chi connectivity index (χ3n) is 5.02. The summed E-state index contributed by atoms with van der Waals surface area (Å²) in [6, 6.07) is 3.18. The van der Waals surface area contributed by atoms with Gasteiger partial charge in [-0.2, -0.15) is 0 Å². The van der Waals surface area contributed by atoms with Crippen LogP contribution in [0.4, 0.5) is 10.8 Å². The maximum Gasteiger partial charge on any atom is 0.245 e. The molecule has 0 unspecified atom stereocenters. The zero-order valence-electron chi connectivity index (χ0n) is 16.3. The third-order valence-corrected chi connectivity index (χ3v) is 6.91. The molecule has 1 aromatic carbocycles. The predicted octanol–water partition coefficient (Wildman–Crippen LogP) is 7.37. The Morgan fingerprint density at radius 1 is 0.931 bits per heavy atom. The van der Waals surface area contributed by atoms with Gasteiger partial charge in [0.25, 0.3) is 0 Å². The molecule has 8 heteroatoms. The van der Waals surface area contributed by atoms with Gasteiger partial charge in [0.15, 0.2) is 5.13 Å². The molecule has 4 nitrogen and oxygen atoms in total. The number of hydrogen-bond donors (Lipinski definition) is 2. The van der Waals surface area contributed by atoms with Gasteiger partial charge in [-0.05, 0) is 37.8 Å². The maximum atomic E-state index is 12.4. The number of fused-ring (bicyclic) bond motifs is 1. The zero-order valence-corrected chi connectivity index (χ0v) is 19.4. The Bertz CT molecular complexity index is 788. The molecule has 0 aliphatic heterocycles. The van der Waals surface area contributed by atoms with Crippen LogP contribution in [0.25, 0.3) is 0 Å². The Balaban J connectivity index is 1.59. The molecule has 2 N–H and O–H groups in total. The highest BCUT2D eigenvalue weighted by Crippen LogP contribution is 2.33. The lowest BCUT2D eigenvalue weighted by Gasteiger charge is -2.10. The van der Waals surface area contributed by atoms with Crippen molar-refractivity contribution in [2.75, 3.05) is 17.2 Å². The Labute approximate surface area is 191 Å². The first-order valence-corrected chi connectivity index (χ1v) is 12.1. The number of carbonyl (C=O) groups excluding carboxylic acids is 1. The molecule has 0 spiro atoms. The number of anilines is 2. The third kappa shape index (κ3) is 7.02. The minimum atomic E-state index is -0.183. The van der Waals surface area contributed by atoms with Crippen molar-refractivity contribution < 1.29 is 4.79 Å². The zero-order chi connectivity index (χ0) is 20.6. The van der Waals surface area contributed by atoms with Crippen LogP contribution in [0.1, 0.15) is 61.9 Å². The van der Waals surface area contributed by atoms with Gasteiger partial charge in [-0.1, -0.05) is 73.3 Å². The number of thiazole rings is 1. The molecule has 3 rings (SSSR count). The van der Waals surface area contributed by atoms with Crippen LogP contribution < -0.4 is 10.6 Å². The molecule has 0 saturated heterocycles. The van der Waals surface area contributed by atoms with E-state index in [9.17, 15) is 4.79 Å². The van der Waals surface area contributed by atoms with Gasteiger partial charge in [0, 0.05) is 9.90 Å². The fourth-order valence-corrected chi connectivity index (χ4v) is 5.53. The fourth-order valence-electron chi connectivity index (χ4n) is 3.51. The van der Waals surface area contributed by atoms with Crippen LogP contribution in [0.15, 0.2) is 12.1 Å². The van der Waals surface area contributed by atoms with Crippen molar-refractivity contribution in [3.05, 3.63) is 37.8 Å². The summed E-state index contributed by atoms with van der Waals surface area (Å²) in [6.45, 7) is 0.0469. The molecule has 1 aliphatic carbocycles. The first kappa shape index (κ1) is 22.7. The van der Waals surface area contributed by atoms with Crippen LogP contribution in [-0.2, 0) is 17.6 Å². The first-order chi connectivity index (χ1) is 14.0. The summed E-state index contributed by atoms with van der Waals surface area (Å²) in [4.78, 5) is 18.4. The van der Waals surface area contributed by atoms with E-state index >= 15 is 0 Å². The number of halogens is 3. The van der Waals surface area contributed by atoms with Crippen molar-refractivity contribution >= 4 is 62.9 Å². The SMILES string of the molecule is O=C(CNc1c(Cl)cc(Cl)cc1Cl)Nc1nc2c(s1)CCCCCCCCCC2. The summed E-state index contributed by atoms with van der Waals surface area (Å²) in [7, 11) is 0. The first-order valence-electron chi connectivity index (χ1n) is 10.2. The molecule has 1 aliphatic rings. The van der Waals surface area contributed by atoms with Gasteiger partial charge in [0.05, 0.1) is 28.0 Å². The fraction of sp³-hybridized carbons (Fsp3) is 0.524. The van der Waals surface area contributed by atoms with Crippen LogP contribution in [0, 0.1) is 0 Å². The molecular weight excluding hydrogens is 449 g/mol. The van der Waals surface area contributed by atoms with E-state index in [2.05, 4.69) is 10.6 Å². The van der Waals surface area contributed by atoms with Gasteiger partial charge >= 0.3 is 0 Å². The Morgan fingerprint density at radius 3 is 2.17 bits per heavy atom. The monoisotopic (exact) mass is 473 g/mol. The number of amides is 1. The molecule has 2 aromatic rings. The van der Waals surface area contributed by atoms with Gasteiger partial charge < -0.3 is 10.6 Å². The molecule has 0 fully saturated rings. The Kier molecular flexibility index (Phi) is 8.91. The van der Waals surface area contributed by atoms with E-state index in [1.165, 1.54) is 56.2 Å². The number of aryl methyl sites for hydroxylation is 2. The lowest BCUT2D eigenvalue weighted by molar-refractivity contribution is -0.114. The lowest BCUT2D eigenvalue weighted by atomic mass is 10.0. The van der Waals surface area contributed by atoms with E-state index < -0.39 is 0 Å². The molecular formula is C21H26Cl3N3OS. The van der Waals surface area contributed by atoms with Crippen LogP contribution in [0.3, 0.4) is 0 Å². The van der Waals surface area contributed by atoms with E-state index in [1.54, 1.807) is 23.5 Å². The molecule has 158 valence electrons. The Morgan fingerprint density at radius 2 is 1.52 bits per heavy atom. The summed E-state index contributed by atoms with van der Waals surface area (Å²) in [5.41, 5.74) is 1.65. The van der Waals surface area contributed by atoms with Crippen molar-refractivity contribution in [2.24, 2.45) is 0 Å². The number of nitrogens with zero attached hydrogens (tertiary/aromatic N) is 1. The molecule has 1 amide bonds. The van der Waals surface area contributed by atoms with Crippen LogP contribution in [-0.4, -0.2) is 17.4 Å². The molecule has 1 aromatic heterocycles. The highest BCUT2D eigenvalue weighted by Gasteiger charge is 2.15. The summed E-state index contributed by atoms with van der Waals surface area (Å²) in [5, 5.41) is 7.78. The molecule has 0 bridgehead atoms. The molecule has 0 saturated carbocycles. The van der Waals surface area contributed by atoms with E-state index in [1.807, 2.05) is 0 Å². The van der Waals surface area contributed by atoms with Crippen molar-refractivity contribution in [1.29, 1.82) is 0 Å². The standard InChI is InChI=1S/C21H26Cl3N3OS/c22-14-11-15(23)20(16(24)12-14)25-13-19(28)27-21-26-17-9-7-5-3-1-2-4-6-8-10-18(17)29-21/h11-12,25H,1-10,13H2,(H,26,27,28). The van der Waals surface area contributed by atoms with Crippen LogP contribution in [0.5, 0.6) is 0 Å². The van der Waals surface area contributed by atoms with Crippen LogP contribution in [0.2, 0.25) is 15.1 Å². The summed E-state index contributed by atoms with van der Waals surface area (Å²) in [5.74, 6) is -0.183. The molecule has 1 heterocycles. The number of nitrogens with one attached hydrogen (secondary N) is 2. The van der Waals surface area contributed by atoms with E-state index in [4.69, 9.17) is 39.8 Å². The largest absolute Gasteiger partial charge is 0.374 e. The van der Waals surface area contributed by atoms with Crippen molar-refractivity contribution in [3.63, 3.8) is 0 Å². The molecule has 29 heavy (non-hydrogen) atoms. The van der Waals surface area contributed by atoms with Gasteiger partial charge in [0.2, 0.25) is 5.91 Å². The average Bonchev–Trinajstić information content (AvgIpc) is 3.02. The normalized spacial score (nSPS) is 15.7. The second-order valence-electron chi connectivity index (χ2n) is 7.36. The van der Waals surface area contributed by atoms with E-state index in [0.717, 1.165) is 18.5 Å². The number of carbonyl (C=O) groups is 1. The number of hydrogen-bond acceptors (Lipinski definition) is 4. The molecule has 0 atom stereocenters. The lowest BCUT2D eigenvalue weighted by Crippen LogP contribution is -2.22. The second-order valence-corrected chi connectivity index (χ2v) is 9.70. The number of rotatable bonds is 4. The minimum absolute atomic E-state index is 0.0469. The second kappa shape index (κ2) is 11.4. The van der Waals surface area contributed by atoms with Gasteiger partial charge in [0.1, 0.15) is 0 Å². The predicted molar refractivity (Wildman–Crippen MR) is 125 cm³/mol. The summed E-state index contributed by atoms with van der Waals surface area (Å²) >= 11 is 19.8. The van der Waals surface area contributed by atoms with Crippen molar-refractivity contribution in [1.82, 2.24) is 4.98 Å². The number of aromatic nitrogens is 1. The van der Waals surface area contributed by atoms with Gasteiger partial charge in [-0.3, -0.25) is 4.79 Å². The van der Waals surface area contributed by atoms with E-state index in [0.29, 0.717) is 25.9 Å². The highest BCUT2D eigenvalue weighted by atomic mass is 35.5. The number of benzene rings is 1. The quantitative estimate of drug-likeness (QED) is 0.486. The van der Waals surface area contributed by atoms with Crippen molar-refractivity contribution in [3.8, 4) is 0 Å². The van der Waals surface area contributed by atoms with E-state index in [-0.39, 0.29) is 12.5 Å². The van der Waals surface area contributed by atoms with Crippen molar-refractivity contribution in [2.45, 2.75) is 64.2 Å². The van der Waals surface area contributed by atoms with Crippen LogP contribution >= 0.6 is 46.1 Å². The Hall–Kier alpha value is -1.01. The highest BCUT2D eigenvalue weighted by molar-refractivity contribution is 7.15. The molecule has 0 radical (unpaired) electrons. The summed E-state index contributed by atoms with van der Waals surface area (Å²) < 4.78 is 0. The van der Waals surface area contributed by atoms with Gasteiger partial charge in [-0.25, -0.2) is 4.98 Å². The summed E-state index contributed by atoms with van der Waals surface area (Å²) in [6.07, 6.45) is 12.3. The minimum Gasteiger partial charge on any atom is -0.374 e.